The lowest BCUT2D eigenvalue weighted by atomic mass is 10.3. The van der Waals surface area contributed by atoms with Gasteiger partial charge in [0.1, 0.15) is 5.01 Å². The van der Waals surface area contributed by atoms with E-state index < -0.39 is 10.0 Å². The van der Waals surface area contributed by atoms with Gasteiger partial charge in [0.05, 0.1) is 11.4 Å². The van der Waals surface area contributed by atoms with E-state index in [-0.39, 0.29) is 0 Å². The minimum Gasteiger partial charge on any atom is -0.296 e. The van der Waals surface area contributed by atoms with E-state index >= 15 is 0 Å². The molecule has 1 aliphatic rings. The summed E-state index contributed by atoms with van der Waals surface area (Å²) in [7, 11) is -3.56. The maximum atomic E-state index is 13.0. The molecule has 0 saturated carbocycles. The first kappa shape index (κ1) is 19.3. The fraction of sp³-hybridized carbons (Fsp3) is 0.350. The van der Waals surface area contributed by atoms with E-state index in [9.17, 15) is 8.42 Å². The highest BCUT2D eigenvalue weighted by Crippen LogP contribution is 2.19. The van der Waals surface area contributed by atoms with Crippen LogP contribution < -0.4 is 0 Å². The Hall–Kier alpha value is -2.00. The molecule has 0 bridgehead atoms. The summed E-state index contributed by atoms with van der Waals surface area (Å²) in [5, 5.41) is 3.16. The van der Waals surface area contributed by atoms with Crippen molar-refractivity contribution in [3.05, 3.63) is 70.9 Å². The zero-order valence-electron chi connectivity index (χ0n) is 15.6. The van der Waals surface area contributed by atoms with Gasteiger partial charge >= 0.3 is 0 Å². The minimum atomic E-state index is -3.56. The molecule has 1 fully saturated rings. The summed E-state index contributed by atoms with van der Waals surface area (Å²) in [5.41, 5.74) is 0.803. The van der Waals surface area contributed by atoms with E-state index in [4.69, 9.17) is 0 Å². The molecule has 2 aromatic heterocycles. The molecule has 6 nitrogen and oxygen atoms in total. The molecular formula is C20H24N4O2S2. The molecule has 3 aromatic rings. The van der Waals surface area contributed by atoms with Crippen LogP contribution in [0.25, 0.3) is 0 Å². The SMILES string of the molecule is O=S(=O)(c1ccccc1)n1cccc1CN1CCCN(Cc2nccs2)CC1. The summed E-state index contributed by atoms with van der Waals surface area (Å²) < 4.78 is 27.4. The summed E-state index contributed by atoms with van der Waals surface area (Å²) in [4.78, 5) is 9.47. The Morgan fingerprint density at radius 2 is 1.68 bits per heavy atom. The Morgan fingerprint density at radius 1 is 0.929 bits per heavy atom. The number of hydrogen-bond donors (Lipinski definition) is 0. The molecule has 4 rings (SSSR count). The van der Waals surface area contributed by atoms with Gasteiger partial charge in [-0.15, -0.1) is 11.3 Å². The van der Waals surface area contributed by atoms with Crippen molar-refractivity contribution in [2.45, 2.75) is 24.4 Å². The first-order chi connectivity index (χ1) is 13.6. The predicted octanol–water partition coefficient (Wildman–Crippen LogP) is 2.89. The second-order valence-corrected chi connectivity index (χ2v) is 9.74. The molecule has 1 saturated heterocycles. The highest BCUT2D eigenvalue weighted by molar-refractivity contribution is 7.90. The third-order valence-corrected chi connectivity index (χ3v) is 7.51. The Balaban J connectivity index is 1.44. The van der Waals surface area contributed by atoms with Crippen molar-refractivity contribution in [1.82, 2.24) is 18.8 Å². The quantitative estimate of drug-likeness (QED) is 0.618. The van der Waals surface area contributed by atoms with Crippen molar-refractivity contribution in [2.75, 3.05) is 26.2 Å². The third-order valence-electron chi connectivity index (χ3n) is 5.00. The Labute approximate surface area is 170 Å². The molecule has 0 radical (unpaired) electrons. The topological polar surface area (TPSA) is 58.4 Å². The summed E-state index contributed by atoms with van der Waals surface area (Å²) in [6.45, 7) is 5.41. The van der Waals surface area contributed by atoms with Gasteiger partial charge in [0.15, 0.2) is 0 Å². The summed E-state index contributed by atoms with van der Waals surface area (Å²) in [6, 6.07) is 12.3. The summed E-state index contributed by atoms with van der Waals surface area (Å²) in [5.74, 6) is 0. The first-order valence-electron chi connectivity index (χ1n) is 9.43. The van der Waals surface area contributed by atoms with Gasteiger partial charge in [-0.1, -0.05) is 18.2 Å². The molecule has 1 aliphatic heterocycles. The zero-order valence-corrected chi connectivity index (χ0v) is 17.3. The van der Waals surface area contributed by atoms with E-state index in [2.05, 4.69) is 14.8 Å². The van der Waals surface area contributed by atoms with Crippen LogP contribution in [0.5, 0.6) is 0 Å². The van der Waals surface area contributed by atoms with Crippen LogP contribution in [0.3, 0.4) is 0 Å². The first-order valence-corrected chi connectivity index (χ1v) is 11.7. The van der Waals surface area contributed by atoms with E-state index in [0.29, 0.717) is 11.4 Å². The highest BCUT2D eigenvalue weighted by Gasteiger charge is 2.21. The molecular weight excluding hydrogens is 392 g/mol. The smallest absolute Gasteiger partial charge is 0.267 e. The van der Waals surface area contributed by atoms with E-state index in [1.54, 1.807) is 41.8 Å². The van der Waals surface area contributed by atoms with Crippen molar-refractivity contribution in [2.24, 2.45) is 0 Å². The van der Waals surface area contributed by atoms with Crippen molar-refractivity contribution in [1.29, 1.82) is 0 Å². The third kappa shape index (κ3) is 4.35. The maximum absolute atomic E-state index is 13.0. The lowest BCUT2D eigenvalue weighted by Gasteiger charge is -2.22. The second kappa shape index (κ2) is 8.57. The normalized spacial score (nSPS) is 16.9. The lowest BCUT2D eigenvalue weighted by Crippen LogP contribution is -2.31. The molecule has 3 heterocycles. The van der Waals surface area contributed by atoms with Gasteiger partial charge in [-0.2, -0.15) is 0 Å². The molecule has 28 heavy (non-hydrogen) atoms. The van der Waals surface area contributed by atoms with E-state index in [1.165, 1.54) is 3.97 Å². The molecule has 148 valence electrons. The van der Waals surface area contributed by atoms with Crippen LogP contribution >= 0.6 is 11.3 Å². The molecule has 0 aliphatic carbocycles. The molecule has 1 aromatic carbocycles. The zero-order chi connectivity index (χ0) is 19.4. The standard InChI is InChI=1S/C20H24N4O2S2/c25-28(26,19-7-2-1-3-8-19)24-12-4-6-18(24)16-22-10-5-11-23(14-13-22)17-20-21-9-15-27-20/h1-4,6-9,12,15H,5,10-11,13-14,16-17H2. The highest BCUT2D eigenvalue weighted by atomic mass is 32.2. The van der Waals surface area contributed by atoms with Crippen molar-refractivity contribution in [3.8, 4) is 0 Å². The van der Waals surface area contributed by atoms with Gasteiger partial charge in [-0.05, 0) is 43.8 Å². The van der Waals surface area contributed by atoms with Gasteiger partial charge in [0, 0.05) is 43.1 Å². The van der Waals surface area contributed by atoms with Crippen LogP contribution in [-0.2, 0) is 23.1 Å². The van der Waals surface area contributed by atoms with Gasteiger partial charge in [-0.3, -0.25) is 9.80 Å². The molecule has 0 amide bonds. The number of thiazole rings is 1. The van der Waals surface area contributed by atoms with Crippen molar-refractivity contribution < 1.29 is 8.42 Å². The lowest BCUT2D eigenvalue weighted by molar-refractivity contribution is 0.245. The Kier molecular flexibility index (Phi) is 5.91. The monoisotopic (exact) mass is 416 g/mol. The van der Waals surface area contributed by atoms with Gasteiger partial charge < -0.3 is 0 Å². The maximum Gasteiger partial charge on any atom is 0.267 e. The molecule has 8 heteroatoms. The van der Waals surface area contributed by atoms with Gasteiger partial charge in [0.25, 0.3) is 10.0 Å². The molecule has 0 spiro atoms. The van der Waals surface area contributed by atoms with E-state index in [0.717, 1.165) is 49.8 Å². The summed E-state index contributed by atoms with van der Waals surface area (Å²) in [6.07, 6.45) is 4.56. The molecule has 0 unspecified atom stereocenters. The molecule has 0 atom stereocenters. The summed E-state index contributed by atoms with van der Waals surface area (Å²) >= 11 is 1.69. The predicted molar refractivity (Wildman–Crippen MR) is 111 cm³/mol. The largest absolute Gasteiger partial charge is 0.296 e. The van der Waals surface area contributed by atoms with Crippen molar-refractivity contribution in [3.63, 3.8) is 0 Å². The minimum absolute atomic E-state index is 0.318. The second-order valence-electron chi connectivity index (χ2n) is 6.95. The number of aromatic nitrogens is 2. The Morgan fingerprint density at radius 3 is 2.39 bits per heavy atom. The average molecular weight is 417 g/mol. The molecule has 0 N–H and O–H groups in total. The average Bonchev–Trinajstić information content (AvgIpc) is 3.33. The van der Waals surface area contributed by atoms with Crippen LogP contribution in [0, 0.1) is 0 Å². The van der Waals surface area contributed by atoms with Crippen LogP contribution in [0.15, 0.2) is 65.1 Å². The van der Waals surface area contributed by atoms with Crippen molar-refractivity contribution >= 4 is 21.4 Å². The van der Waals surface area contributed by atoms with Crippen LogP contribution in [0.1, 0.15) is 17.1 Å². The van der Waals surface area contributed by atoms with E-state index in [1.807, 2.05) is 29.8 Å². The number of rotatable bonds is 6. The fourth-order valence-corrected chi connectivity index (χ4v) is 5.60. The fourth-order valence-electron chi connectivity index (χ4n) is 3.56. The number of nitrogens with zero attached hydrogens (tertiary/aromatic N) is 4. The number of hydrogen-bond acceptors (Lipinski definition) is 6. The van der Waals surface area contributed by atoms with Gasteiger partial charge in [-0.25, -0.2) is 17.4 Å². The Bertz CT molecular complexity index is 984. The number of benzene rings is 1. The van der Waals surface area contributed by atoms with Crippen LogP contribution in [-0.4, -0.2) is 53.4 Å². The van der Waals surface area contributed by atoms with Crippen LogP contribution in [0.2, 0.25) is 0 Å². The van der Waals surface area contributed by atoms with Crippen LogP contribution in [0.4, 0.5) is 0 Å². The van der Waals surface area contributed by atoms with Gasteiger partial charge in [0.2, 0.25) is 0 Å².